The second-order valence-corrected chi connectivity index (χ2v) is 3.59. The predicted molar refractivity (Wildman–Crippen MR) is 66.1 cm³/mol. The van der Waals surface area contributed by atoms with Gasteiger partial charge in [-0.3, -0.25) is 0 Å². The van der Waals surface area contributed by atoms with E-state index in [2.05, 4.69) is 10.6 Å². The maximum Gasteiger partial charge on any atom is 0.326 e. The number of carbonyl (C=O) groups is 2. The van der Waals surface area contributed by atoms with E-state index in [4.69, 9.17) is 15.9 Å². The van der Waals surface area contributed by atoms with Crippen LogP contribution in [0.15, 0.2) is 24.3 Å². The normalized spacial score (nSPS) is 11.6. The number of hydrogen-bond donors (Lipinski definition) is 5. The van der Waals surface area contributed by atoms with E-state index in [1.807, 2.05) is 0 Å². The topological polar surface area (TPSA) is 125 Å². The zero-order valence-electron chi connectivity index (χ0n) is 9.59. The molecule has 0 saturated heterocycles. The van der Waals surface area contributed by atoms with Gasteiger partial charge in [0.2, 0.25) is 0 Å². The van der Waals surface area contributed by atoms with Gasteiger partial charge in [0, 0.05) is 13.0 Å². The Morgan fingerprint density at radius 2 is 2.00 bits per heavy atom. The molecule has 0 spiro atoms. The standard InChI is InChI=1S/C11H15N3O4/c12-7-3-1-2-4-8(7)13-11(18)14-9(5-6-15)10(16)17/h1-4,9,15H,5-6,12H2,(H,16,17)(H2,13,14,18). The van der Waals surface area contributed by atoms with Gasteiger partial charge in [0.15, 0.2) is 0 Å². The highest BCUT2D eigenvalue weighted by Gasteiger charge is 2.19. The summed E-state index contributed by atoms with van der Waals surface area (Å²) in [4.78, 5) is 22.3. The van der Waals surface area contributed by atoms with Gasteiger partial charge in [-0.15, -0.1) is 0 Å². The first kappa shape index (κ1) is 13.8. The largest absolute Gasteiger partial charge is 0.480 e. The first-order valence-electron chi connectivity index (χ1n) is 5.30. The fraction of sp³-hybridized carbons (Fsp3) is 0.273. The van der Waals surface area contributed by atoms with Gasteiger partial charge in [-0.25, -0.2) is 9.59 Å². The fourth-order valence-corrected chi connectivity index (χ4v) is 1.31. The third kappa shape index (κ3) is 3.95. The number of rotatable bonds is 5. The smallest absolute Gasteiger partial charge is 0.326 e. The number of amides is 2. The van der Waals surface area contributed by atoms with Crippen molar-refractivity contribution in [2.45, 2.75) is 12.5 Å². The number of carbonyl (C=O) groups excluding carboxylic acids is 1. The molecule has 0 heterocycles. The van der Waals surface area contributed by atoms with E-state index in [-0.39, 0.29) is 13.0 Å². The number of urea groups is 1. The second kappa shape index (κ2) is 6.45. The number of nitrogen functional groups attached to an aromatic ring is 1. The average Bonchev–Trinajstić information content (AvgIpc) is 2.31. The maximum atomic E-state index is 11.5. The second-order valence-electron chi connectivity index (χ2n) is 3.59. The number of aliphatic carboxylic acids is 1. The Bertz CT molecular complexity index is 436. The van der Waals surface area contributed by atoms with Gasteiger partial charge >= 0.3 is 12.0 Å². The van der Waals surface area contributed by atoms with Gasteiger partial charge in [-0.1, -0.05) is 12.1 Å². The average molecular weight is 253 g/mol. The van der Waals surface area contributed by atoms with Gasteiger partial charge < -0.3 is 26.6 Å². The number of aliphatic hydroxyl groups is 1. The Morgan fingerprint density at radius 3 is 2.56 bits per heavy atom. The van der Waals surface area contributed by atoms with Crippen LogP contribution in [0.1, 0.15) is 6.42 Å². The number of benzene rings is 1. The minimum absolute atomic E-state index is 0.0625. The molecule has 7 heteroatoms. The number of carboxylic acid groups (broad SMARTS) is 1. The molecule has 1 atom stereocenters. The van der Waals surface area contributed by atoms with Gasteiger partial charge in [0.25, 0.3) is 0 Å². The molecule has 7 nitrogen and oxygen atoms in total. The lowest BCUT2D eigenvalue weighted by atomic mass is 10.2. The van der Waals surface area contributed by atoms with Gasteiger partial charge in [-0.05, 0) is 12.1 Å². The number of carboxylic acids is 1. The summed E-state index contributed by atoms with van der Waals surface area (Å²) in [5.41, 5.74) is 6.39. The van der Waals surface area contributed by atoms with Crippen molar-refractivity contribution in [3.8, 4) is 0 Å². The van der Waals surface area contributed by atoms with Crippen LogP contribution in [0.2, 0.25) is 0 Å². The van der Waals surface area contributed by atoms with Crippen LogP contribution in [0.5, 0.6) is 0 Å². The van der Waals surface area contributed by atoms with E-state index in [1.165, 1.54) is 0 Å². The van der Waals surface area contributed by atoms with Gasteiger partial charge in [0.05, 0.1) is 11.4 Å². The molecule has 6 N–H and O–H groups in total. The summed E-state index contributed by atoms with van der Waals surface area (Å²) in [7, 11) is 0. The Hall–Kier alpha value is -2.28. The lowest BCUT2D eigenvalue weighted by molar-refractivity contribution is -0.139. The molecule has 0 aliphatic heterocycles. The molecule has 0 radical (unpaired) electrons. The first-order valence-corrected chi connectivity index (χ1v) is 5.30. The highest BCUT2D eigenvalue weighted by Crippen LogP contribution is 2.16. The fourth-order valence-electron chi connectivity index (χ4n) is 1.31. The van der Waals surface area contributed by atoms with E-state index in [0.717, 1.165) is 0 Å². The summed E-state index contributed by atoms with van der Waals surface area (Å²) < 4.78 is 0. The number of aliphatic hydroxyl groups excluding tert-OH is 1. The van der Waals surface area contributed by atoms with E-state index in [0.29, 0.717) is 11.4 Å². The van der Waals surface area contributed by atoms with Crippen molar-refractivity contribution >= 4 is 23.4 Å². The highest BCUT2D eigenvalue weighted by molar-refractivity contribution is 5.94. The van der Waals surface area contributed by atoms with Crippen LogP contribution < -0.4 is 16.4 Å². The Balaban J connectivity index is 2.61. The van der Waals surface area contributed by atoms with Gasteiger partial charge in [-0.2, -0.15) is 0 Å². The summed E-state index contributed by atoms with van der Waals surface area (Å²) in [5.74, 6) is -1.21. The minimum atomic E-state index is -1.21. The number of nitrogens with one attached hydrogen (secondary N) is 2. The lowest BCUT2D eigenvalue weighted by Crippen LogP contribution is -2.43. The molecule has 98 valence electrons. The van der Waals surface area contributed by atoms with Crippen molar-refractivity contribution in [1.82, 2.24) is 5.32 Å². The number of nitrogens with two attached hydrogens (primary N) is 1. The molecule has 1 aromatic carbocycles. The van der Waals surface area contributed by atoms with Crippen LogP contribution in [0.25, 0.3) is 0 Å². The van der Waals surface area contributed by atoms with Gasteiger partial charge in [0.1, 0.15) is 6.04 Å². The minimum Gasteiger partial charge on any atom is -0.480 e. The van der Waals surface area contributed by atoms with Crippen molar-refractivity contribution in [1.29, 1.82) is 0 Å². The van der Waals surface area contributed by atoms with Crippen molar-refractivity contribution < 1.29 is 19.8 Å². The molecule has 1 unspecified atom stereocenters. The van der Waals surface area contributed by atoms with Crippen LogP contribution >= 0.6 is 0 Å². The van der Waals surface area contributed by atoms with E-state index in [1.54, 1.807) is 24.3 Å². The Morgan fingerprint density at radius 1 is 1.33 bits per heavy atom. The van der Waals surface area contributed by atoms with E-state index in [9.17, 15) is 9.59 Å². The molecule has 0 bridgehead atoms. The molecular formula is C11H15N3O4. The third-order valence-electron chi connectivity index (χ3n) is 2.23. The van der Waals surface area contributed by atoms with Crippen molar-refractivity contribution in [3.63, 3.8) is 0 Å². The molecule has 2 amide bonds. The Kier molecular flexibility index (Phi) is 4.94. The summed E-state index contributed by atoms with van der Waals surface area (Å²) in [6, 6.07) is 4.78. The van der Waals surface area contributed by atoms with Crippen LogP contribution in [0.4, 0.5) is 16.2 Å². The van der Waals surface area contributed by atoms with Crippen LogP contribution in [-0.2, 0) is 4.79 Å². The number of anilines is 2. The zero-order valence-corrected chi connectivity index (χ0v) is 9.59. The Labute approximate surface area is 104 Å². The summed E-state index contributed by atoms with van der Waals surface area (Å²) >= 11 is 0. The zero-order chi connectivity index (χ0) is 13.5. The monoisotopic (exact) mass is 253 g/mol. The van der Waals surface area contributed by atoms with Crippen LogP contribution in [-0.4, -0.2) is 34.9 Å². The summed E-state index contributed by atoms with van der Waals surface area (Å²) in [6.07, 6.45) is -0.0625. The quantitative estimate of drug-likeness (QED) is 0.480. The predicted octanol–water partition coefficient (Wildman–Crippen LogP) is 0.226. The molecule has 0 aliphatic rings. The molecular weight excluding hydrogens is 238 g/mol. The van der Waals surface area contributed by atoms with Crippen molar-refractivity contribution in [2.75, 3.05) is 17.7 Å². The molecule has 18 heavy (non-hydrogen) atoms. The first-order chi connectivity index (χ1) is 8.54. The molecule has 0 aromatic heterocycles. The van der Waals surface area contributed by atoms with Crippen LogP contribution in [0, 0.1) is 0 Å². The number of para-hydroxylation sites is 2. The summed E-state index contributed by atoms with van der Waals surface area (Å²) in [5, 5.41) is 22.1. The van der Waals surface area contributed by atoms with Crippen LogP contribution in [0.3, 0.4) is 0 Å². The molecule has 0 fully saturated rings. The molecule has 0 aliphatic carbocycles. The molecule has 1 aromatic rings. The van der Waals surface area contributed by atoms with E-state index < -0.39 is 18.0 Å². The maximum absolute atomic E-state index is 11.5. The van der Waals surface area contributed by atoms with Crippen molar-refractivity contribution in [2.24, 2.45) is 0 Å². The SMILES string of the molecule is Nc1ccccc1NC(=O)NC(CCO)C(=O)O. The highest BCUT2D eigenvalue weighted by atomic mass is 16.4. The summed E-state index contributed by atoms with van der Waals surface area (Å²) in [6.45, 7) is -0.329. The van der Waals surface area contributed by atoms with E-state index >= 15 is 0 Å². The lowest BCUT2D eigenvalue weighted by Gasteiger charge is -2.14. The number of hydrogen-bond acceptors (Lipinski definition) is 4. The molecule has 1 rings (SSSR count). The van der Waals surface area contributed by atoms with Crippen molar-refractivity contribution in [3.05, 3.63) is 24.3 Å². The third-order valence-corrected chi connectivity index (χ3v) is 2.23. The molecule has 0 saturated carbocycles.